The van der Waals surface area contributed by atoms with Gasteiger partial charge in [0.05, 0.1) is 0 Å². The summed E-state index contributed by atoms with van der Waals surface area (Å²) in [6.07, 6.45) is -0.208. The van der Waals surface area contributed by atoms with Crippen LogP contribution in [-0.2, 0) is 20.7 Å². The summed E-state index contributed by atoms with van der Waals surface area (Å²) in [6, 6.07) is 8.39. The number of hydrogen-bond acceptors (Lipinski definition) is 7. The van der Waals surface area contributed by atoms with Gasteiger partial charge in [0.15, 0.2) is 6.10 Å². The Morgan fingerprint density at radius 2 is 1.93 bits per heavy atom. The molecule has 3 amide bonds. The highest BCUT2D eigenvalue weighted by molar-refractivity contribution is 5.96. The lowest BCUT2D eigenvalue weighted by Gasteiger charge is -2.19. The first-order chi connectivity index (χ1) is 12.9. The third-order valence-corrected chi connectivity index (χ3v) is 3.64. The highest BCUT2D eigenvalue weighted by atomic mass is 16.5. The highest BCUT2D eigenvalue weighted by Gasteiger charge is 2.27. The molecule has 0 radical (unpaired) electrons. The van der Waals surface area contributed by atoms with E-state index in [4.69, 9.17) is 15.0 Å². The number of amides is 3. The van der Waals surface area contributed by atoms with Gasteiger partial charge in [-0.15, -0.1) is 0 Å². The molecule has 1 atom stereocenters. The SMILES string of the molecule is CC(C)C(OC(=O)CCCc1nc(-c2ccccc2)no1)C(=O)NC(N)=O. The van der Waals surface area contributed by atoms with Gasteiger partial charge < -0.3 is 15.0 Å². The summed E-state index contributed by atoms with van der Waals surface area (Å²) in [5, 5.41) is 5.83. The molecule has 0 aliphatic heterocycles. The smallest absolute Gasteiger partial charge is 0.318 e. The van der Waals surface area contributed by atoms with Crippen molar-refractivity contribution < 1.29 is 23.6 Å². The Kier molecular flexibility index (Phi) is 7.04. The predicted octanol–water partition coefficient (Wildman–Crippen LogP) is 1.82. The number of carbonyl (C=O) groups excluding carboxylic acids is 3. The Hall–Kier alpha value is -3.23. The van der Waals surface area contributed by atoms with E-state index in [-0.39, 0.29) is 12.3 Å². The van der Waals surface area contributed by atoms with Gasteiger partial charge in [-0.05, 0) is 12.3 Å². The summed E-state index contributed by atoms with van der Waals surface area (Å²) in [7, 11) is 0. The Morgan fingerprint density at radius 1 is 1.22 bits per heavy atom. The van der Waals surface area contributed by atoms with Crippen molar-refractivity contribution in [3.63, 3.8) is 0 Å². The van der Waals surface area contributed by atoms with Gasteiger partial charge in [0.25, 0.3) is 5.91 Å². The Bertz CT molecular complexity index is 788. The van der Waals surface area contributed by atoms with Crippen LogP contribution in [0.25, 0.3) is 11.4 Å². The molecular weight excluding hydrogens is 352 g/mol. The van der Waals surface area contributed by atoms with Crippen LogP contribution in [0, 0.1) is 5.92 Å². The predicted molar refractivity (Wildman–Crippen MR) is 95.1 cm³/mol. The highest BCUT2D eigenvalue weighted by Crippen LogP contribution is 2.16. The van der Waals surface area contributed by atoms with Crippen molar-refractivity contribution in [2.75, 3.05) is 0 Å². The molecule has 1 unspecified atom stereocenters. The van der Waals surface area contributed by atoms with Crippen LogP contribution >= 0.6 is 0 Å². The van der Waals surface area contributed by atoms with E-state index in [0.29, 0.717) is 24.6 Å². The minimum absolute atomic E-state index is 0.0656. The lowest BCUT2D eigenvalue weighted by Crippen LogP contribution is -2.45. The fraction of sp³-hybridized carbons (Fsp3) is 0.389. The maximum absolute atomic E-state index is 12.0. The molecule has 2 aromatic rings. The number of primary amides is 1. The number of nitrogens with two attached hydrogens (primary N) is 1. The number of esters is 1. The van der Waals surface area contributed by atoms with Crippen molar-refractivity contribution in [1.29, 1.82) is 0 Å². The molecule has 0 fully saturated rings. The van der Waals surface area contributed by atoms with E-state index < -0.39 is 24.0 Å². The fourth-order valence-electron chi connectivity index (χ4n) is 2.33. The van der Waals surface area contributed by atoms with Crippen LogP contribution in [0.2, 0.25) is 0 Å². The number of imide groups is 1. The first kappa shape index (κ1) is 20.1. The zero-order valence-corrected chi connectivity index (χ0v) is 15.2. The molecule has 1 heterocycles. The first-order valence-corrected chi connectivity index (χ1v) is 8.54. The Morgan fingerprint density at radius 3 is 2.56 bits per heavy atom. The summed E-state index contributed by atoms with van der Waals surface area (Å²) in [5.41, 5.74) is 5.76. The van der Waals surface area contributed by atoms with Crippen LogP contribution in [0.5, 0.6) is 0 Å². The van der Waals surface area contributed by atoms with Gasteiger partial charge in [0, 0.05) is 18.4 Å². The van der Waals surface area contributed by atoms with Gasteiger partial charge in [-0.1, -0.05) is 49.3 Å². The van der Waals surface area contributed by atoms with Crippen LogP contribution in [0.1, 0.15) is 32.6 Å². The van der Waals surface area contributed by atoms with Crippen LogP contribution in [0.3, 0.4) is 0 Å². The topological polar surface area (TPSA) is 137 Å². The summed E-state index contributed by atoms with van der Waals surface area (Å²) in [6.45, 7) is 3.39. The number of hydrogen-bond donors (Lipinski definition) is 2. The maximum Gasteiger partial charge on any atom is 0.318 e. The van der Waals surface area contributed by atoms with Crippen LogP contribution < -0.4 is 11.1 Å². The summed E-state index contributed by atoms with van der Waals surface area (Å²) in [4.78, 5) is 38.9. The number of urea groups is 1. The molecule has 0 saturated carbocycles. The average molecular weight is 374 g/mol. The van der Waals surface area contributed by atoms with E-state index in [2.05, 4.69) is 10.1 Å². The number of rotatable bonds is 8. The van der Waals surface area contributed by atoms with Crippen molar-refractivity contribution in [2.45, 2.75) is 39.2 Å². The molecule has 9 nitrogen and oxygen atoms in total. The van der Waals surface area contributed by atoms with Gasteiger partial charge in [-0.2, -0.15) is 4.98 Å². The fourth-order valence-corrected chi connectivity index (χ4v) is 2.33. The third-order valence-electron chi connectivity index (χ3n) is 3.64. The molecule has 9 heteroatoms. The Balaban J connectivity index is 1.82. The third kappa shape index (κ3) is 6.21. The van der Waals surface area contributed by atoms with Crippen molar-refractivity contribution in [3.8, 4) is 11.4 Å². The largest absolute Gasteiger partial charge is 0.452 e. The molecular formula is C18H22N4O5. The van der Waals surface area contributed by atoms with Crippen LogP contribution in [0.4, 0.5) is 4.79 Å². The number of benzene rings is 1. The molecule has 0 aliphatic carbocycles. The molecule has 0 spiro atoms. The number of nitrogens with zero attached hydrogens (tertiary/aromatic N) is 2. The molecule has 144 valence electrons. The monoisotopic (exact) mass is 374 g/mol. The molecule has 1 aromatic heterocycles. The number of nitrogens with one attached hydrogen (secondary N) is 1. The molecule has 2 rings (SSSR count). The number of carbonyl (C=O) groups is 3. The molecule has 0 bridgehead atoms. The number of ether oxygens (including phenoxy) is 1. The zero-order chi connectivity index (χ0) is 19.8. The standard InChI is InChI=1S/C18H22N4O5/c1-11(2)15(17(24)21-18(19)25)26-14(23)10-6-9-13-20-16(22-27-13)12-7-4-3-5-8-12/h3-5,7-8,11,15H,6,9-10H2,1-2H3,(H3,19,21,24,25). The number of aromatic nitrogens is 2. The lowest BCUT2D eigenvalue weighted by atomic mass is 10.1. The minimum Gasteiger partial charge on any atom is -0.452 e. The molecule has 1 aromatic carbocycles. The average Bonchev–Trinajstić information content (AvgIpc) is 3.08. The van der Waals surface area contributed by atoms with Gasteiger partial charge in [-0.3, -0.25) is 14.9 Å². The van der Waals surface area contributed by atoms with E-state index in [1.807, 2.05) is 35.6 Å². The van der Waals surface area contributed by atoms with Gasteiger partial charge in [0.2, 0.25) is 11.7 Å². The quantitative estimate of drug-likeness (QED) is 0.672. The summed E-state index contributed by atoms with van der Waals surface area (Å²) >= 11 is 0. The van der Waals surface area contributed by atoms with Gasteiger partial charge in [-0.25, -0.2) is 4.79 Å². The number of aryl methyl sites for hydroxylation is 1. The summed E-state index contributed by atoms with van der Waals surface area (Å²) in [5.74, 6) is -0.714. The van der Waals surface area contributed by atoms with Crippen molar-refractivity contribution in [2.24, 2.45) is 11.7 Å². The van der Waals surface area contributed by atoms with Crippen molar-refractivity contribution in [3.05, 3.63) is 36.2 Å². The van der Waals surface area contributed by atoms with E-state index in [0.717, 1.165) is 5.56 Å². The maximum atomic E-state index is 12.0. The second kappa shape index (κ2) is 9.46. The zero-order valence-electron chi connectivity index (χ0n) is 15.2. The normalized spacial score (nSPS) is 11.8. The molecule has 0 aliphatic rings. The van der Waals surface area contributed by atoms with E-state index >= 15 is 0 Å². The van der Waals surface area contributed by atoms with Crippen molar-refractivity contribution in [1.82, 2.24) is 15.5 Å². The second-order valence-corrected chi connectivity index (χ2v) is 6.24. The van der Waals surface area contributed by atoms with E-state index in [9.17, 15) is 14.4 Å². The van der Waals surface area contributed by atoms with E-state index in [1.54, 1.807) is 13.8 Å². The first-order valence-electron chi connectivity index (χ1n) is 8.54. The second-order valence-electron chi connectivity index (χ2n) is 6.24. The van der Waals surface area contributed by atoms with Crippen molar-refractivity contribution >= 4 is 17.9 Å². The van der Waals surface area contributed by atoms with Crippen LogP contribution in [-0.4, -0.2) is 34.2 Å². The molecule has 0 saturated heterocycles. The molecule has 3 N–H and O–H groups in total. The lowest BCUT2D eigenvalue weighted by molar-refractivity contribution is -0.158. The van der Waals surface area contributed by atoms with Crippen LogP contribution in [0.15, 0.2) is 34.9 Å². The molecule has 27 heavy (non-hydrogen) atoms. The Labute approximate surface area is 156 Å². The van der Waals surface area contributed by atoms with E-state index in [1.165, 1.54) is 0 Å². The van der Waals surface area contributed by atoms with Gasteiger partial charge in [0.1, 0.15) is 0 Å². The van der Waals surface area contributed by atoms with Gasteiger partial charge >= 0.3 is 12.0 Å². The summed E-state index contributed by atoms with van der Waals surface area (Å²) < 4.78 is 10.3. The minimum atomic E-state index is -1.09.